The predicted octanol–water partition coefficient (Wildman–Crippen LogP) is 2.91. The summed E-state index contributed by atoms with van der Waals surface area (Å²) in [5, 5.41) is 0. The number of sulfonamides is 1. The summed E-state index contributed by atoms with van der Waals surface area (Å²) in [6, 6.07) is 14.1. The molecule has 22 heavy (non-hydrogen) atoms. The van der Waals surface area contributed by atoms with Crippen LogP contribution in [0.15, 0.2) is 53.4 Å². The monoisotopic (exact) mass is 319 g/mol. The van der Waals surface area contributed by atoms with E-state index in [1.807, 2.05) is 32.0 Å². The van der Waals surface area contributed by atoms with Crippen LogP contribution in [-0.2, 0) is 16.4 Å². The van der Waals surface area contributed by atoms with E-state index in [1.54, 1.807) is 37.4 Å². The van der Waals surface area contributed by atoms with Crippen LogP contribution in [0, 0.1) is 6.92 Å². The van der Waals surface area contributed by atoms with E-state index in [-0.39, 0.29) is 10.9 Å². The van der Waals surface area contributed by atoms with Gasteiger partial charge >= 0.3 is 0 Å². The molecule has 0 aliphatic rings. The molecule has 0 aromatic heterocycles. The number of ether oxygens (including phenoxy) is 1. The largest absolute Gasteiger partial charge is 0.496 e. The summed E-state index contributed by atoms with van der Waals surface area (Å²) in [5.74, 6) is 0.835. The van der Waals surface area contributed by atoms with Crippen LogP contribution < -0.4 is 9.46 Å². The predicted molar refractivity (Wildman–Crippen MR) is 87.7 cm³/mol. The van der Waals surface area contributed by atoms with E-state index < -0.39 is 10.0 Å². The van der Waals surface area contributed by atoms with E-state index >= 15 is 0 Å². The molecule has 0 amide bonds. The van der Waals surface area contributed by atoms with Gasteiger partial charge in [-0.05, 0) is 49.6 Å². The Kier molecular flexibility index (Phi) is 5.21. The van der Waals surface area contributed by atoms with Crippen molar-refractivity contribution in [3.8, 4) is 5.75 Å². The average Bonchev–Trinajstić information content (AvgIpc) is 2.47. The van der Waals surface area contributed by atoms with Crippen molar-refractivity contribution in [3.63, 3.8) is 0 Å². The smallest absolute Gasteiger partial charge is 0.240 e. The van der Waals surface area contributed by atoms with Crippen molar-refractivity contribution in [2.24, 2.45) is 0 Å². The highest BCUT2D eigenvalue weighted by Crippen LogP contribution is 2.19. The van der Waals surface area contributed by atoms with Gasteiger partial charge in [-0.2, -0.15) is 0 Å². The Morgan fingerprint density at radius 3 is 2.41 bits per heavy atom. The van der Waals surface area contributed by atoms with E-state index in [1.165, 1.54) is 0 Å². The van der Waals surface area contributed by atoms with E-state index in [0.29, 0.717) is 6.42 Å². The first kappa shape index (κ1) is 16.5. The van der Waals surface area contributed by atoms with Crippen LogP contribution in [-0.4, -0.2) is 21.6 Å². The molecular weight excluding hydrogens is 298 g/mol. The van der Waals surface area contributed by atoms with Crippen molar-refractivity contribution in [3.05, 3.63) is 59.7 Å². The molecule has 0 saturated carbocycles. The van der Waals surface area contributed by atoms with Gasteiger partial charge in [-0.3, -0.25) is 0 Å². The van der Waals surface area contributed by atoms with Crippen LogP contribution in [0.5, 0.6) is 5.75 Å². The number of aryl methyl sites for hydroxylation is 1. The molecule has 0 aliphatic heterocycles. The second-order valence-electron chi connectivity index (χ2n) is 5.34. The van der Waals surface area contributed by atoms with E-state index in [9.17, 15) is 8.42 Å². The Bertz CT molecular complexity index is 727. The normalized spacial score (nSPS) is 12.9. The minimum absolute atomic E-state index is 0.196. The molecule has 0 aliphatic carbocycles. The number of rotatable bonds is 6. The van der Waals surface area contributed by atoms with Crippen LogP contribution in [0.1, 0.15) is 18.1 Å². The molecule has 1 unspecified atom stereocenters. The van der Waals surface area contributed by atoms with Gasteiger partial charge in [0.25, 0.3) is 0 Å². The van der Waals surface area contributed by atoms with Gasteiger partial charge in [-0.25, -0.2) is 13.1 Å². The Hall–Kier alpha value is -1.85. The molecule has 1 N–H and O–H groups in total. The molecule has 0 bridgehead atoms. The van der Waals surface area contributed by atoms with Gasteiger partial charge in [0.15, 0.2) is 0 Å². The molecule has 0 heterocycles. The molecule has 2 aromatic rings. The maximum absolute atomic E-state index is 12.3. The van der Waals surface area contributed by atoms with Crippen LogP contribution in [0.3, 0.4) is 0 Å². The fraction of sp³-hybridized carbons (Fsp3) is 0.294. The zero-order valence-corrected chi connectivity index (χ0v) is 13.9. The maximum atomic E-state index is 12.3. The summed E-state index contributed by atoms with van der Waals surface area (Å²) in [7, 11) is -1.84. The molecular formula is C17H21NO3S. The Balaban J connectivity index is 2.07. The van der Waals surface area contributed by atoms with Crippen LogP contribution in [0.2, 0.25) is 0 Å². The first-order valence-corrected chi connectivity index (χ1v) is 8.61. The van der Waals surface area contributed by atoms with Gasteiger partial charge in [0.1, 0.15) is 5.75 Å². The summed E-state index contributed by atoms with van der Waals surface area (Å²) in [4.78, 5) is 0.285. The summed E-state index contributed by atoms with van der Waals surface area (Å²) in [6.07, 6.45) is 0.622. The SMILES string of the molecule is COc1ccc(CC(C)NS(=O)(=O)c2ccccc2)cc1C. The van der Waals surface area contributed by atoms with Crippen LogP contribution >= 0.6 is 0 Å². The number of benzene rings is 2. The molecule has 5 heteroatoms. The van der Waals surface area contributed by atoms with E-state index in [0.717, 1.165) is 16.9 Å². The van der Waals surface area contributed by atoms with Gasteiger partial charge < -0.3 is 4.74 Å². The first-order valence-electron chi connectivity index (χ1n) is 7.13. The maximum Gasteiger partial charge on any atom is 0.240 e. The quantitative estimate of drug-likeness (QED) is 0.890. The van der Waals surface area contributed by atoms with Gasteiger partial charge in [0, 0.05) is 6.04 Å². The lowest BCUT2D eigenvalue weighted by Crippen LogP contribution is -2.34. The second kappa shape index (κ2) is 6.94. The molecule has 0 spiro atoms. The summed E-state index contributed by atoms with van der Waals surface area (Å²) >= 11 is 0. The zero-order chi connectivity index (χ0) is 16.2. The van der Waals surface area contributed by atoms with Gasteiger partial charge in [0.2, 0.25) is 10.0 Å². The third kappa shape index (κ3) is 4.08. The van der Waals surface area contributed by atoms with Gasteiger partial charge in [-0.1, -0.05) is 30.3 Å². The topological polar surface area (TPSA) is 55.4 Å². The minimum Gasteiger partial charge on any atom is -0.496 e. The molecule has 118 valence electrons. The van der Waals surface area contributed by atoms with Crippen molar-refractivity contribution < 1.29 is 13.2 Å². The first-order chi connectivity index (χ1) is 10.4. The van der Waals surface area contributed by atoms with Crippen molar-refractivity contribution in [2.75, 3.05) is 7.11 Å². The third-order valence-corrected chi connectivity index (χ3v) is 5.02. The van der Waals surface area contributed by atoms with Crippen molar-refractivity contribution >= 4 is 10.0 Å². The van der Waals surface area contributed by atoms with E-state index in [4.69, 9.17) is 4.74 Å². The number of nitrogens with one attached hydrogen (secondary N) is 1. The highest BCUT2D eigenvalue weighted by Gasteiger charge is 2.17. The lowest BCUT2D eigenvalue weighted by Gasteiger charge is -2.15. The standard InChI is InChI=1S/C17H21NO3S/c1-13-11-15(9-10-17(13)21-3)12-14(2)18-22(19,20)16-7-5-4-6-8-16/h4-11,14,18H,12H2,1-3H3. The molecule has 2 rings (SSSR count). The summed E-state index contributed by atoms with van der Waals surface area (Å²) in [5.41, 5.74) is 2.11. The number of hydrogen-bond donors (Lipinski definition) is 1. The molecule has 2 aromatic carbocycles. The zero-order valence-electron chi connectivity index (χ0n) is 13.0. The average molecular weight is 319 g/mol. The van der Waals surface area contributed by atoms with E-state index in [2.05, 4.69) is 4.72 Å². The highest BCUT2D eigenvalue weighted by molar-refractivity contribution is 7.89. The van der Waals surface area contributed by atoms with Crippen molar-refractivity contribution in [1.82, 2.24) is 4.72 Å². The molecule has 4 nitrogen and oxygen atoms in total. The minimum atomic E-state index is -3.48. The van der Waals surface area contributed by atoms with Crippen molar-refractivity contribution in [1.29, 1.82) is 0 Å². The fourth-order valence-electron chi connectivity index (χ4n) is 2.40. The summed E-state index contributed by atoms with van der Waals surface area (Å²) in [6.45, 7) is 3.83. The lowest BCUT2D eigenvalue weighted by molar-refractivity contribution is 0.411. The molecule has 0 fully saturated rings. The molecule has 1 atom stereocenters. The molecule has 0 saturated heterocycles. The Labute approximate surface area is 132 Å². The lowest BCUT2D eigenvalue weighted by atomic mass is 10.0. The van der Waals surface area contributed by atoms with Crippen LogP contribution in [0.4, 0.5) is 0 Å². The number of hydrogen-bond acceptors (Lipinski definition) is 3. The second-order valence-corrected chi connectivity index (χ2v) is 7.06. The van der Waals surface area contributed by atoms with Gasteiger partial charge in [-0.15, -0.1) is 0 Å². The number of methoxy groups -OCH3 is 1. The molecule has 0 radical (unpaired) electrons. The van der Waals surface area contributed by atoms with Gasteiger partial charge in [0.05, 0.1) is 12.0 Å². The Morgan fingerprint density at radius 1 is 1.14 bits per heavy atom. The van der Waals surface area contributed by atoms with Crippen LogP contribution in [0.25, 0.3) is 0 Å². The summed E-state index contributed by atoms with van der Waals surface area (Å²) < 4.78 is 32.5. The van der Waals surface area contributed by atoms with Crippen molar-refractivity contribution in [2.45, 2.75) is 31.2 Å². The highest BCUT2D eigenvalue weighted by atomic mass is 32.2. The Morgan fingerprint density at radius 2 is 1.82 bits per heavy atom. The fourth-order valence-corrected chi connectivity index (χ4v) is 3.66. The third-order valence-electron chi connectivity index (χ3n) is 3.41.